The SMILES string of the molecule is CC(C)Oc1cccc([C@](C)(O)C(C)C)c1. The van der Waals surface area contributed by atoms with Crippen LogP contribution >= 0.6 is 0 Å². The van der Waals surface area contributed by atoms with E-state index >= 15 is 0 Å². The van der Waals surface area contributed by atoms with Crippen LogP contribution in [0.4, 0.5) is 0 Å². The molecule has 2 heteroatoms. The molecular weight excluding hydrogens is 200 g/mol. The zero-order valence-corrected chi connectivity index (χ0v) is 10.8. The molecule has 1 atom stereocenters. The Morgan fingerprint density at radius 3 is 2.31 bits per heavy atom. The van der Waals surface area contributed by atoms with E-state index in [1.807, 2.05) is 58.9 Å². The highest BCUT2D eigenvalue weighted by Crippen LogP contribution is 2.31. The van der Waals surface area contributed by atoms with Crippen molar-refractivity contribution in [1.29, 1.82) is 0 Å². The molecule has 1 aromatic carbocycles. The molecule has 0 bridgehead atoms. The van der Waals surface area contributed by atoms with E-state index < -0.39 is 5.60 Å². The molecule has 0 radical (unpaired) electrons. The Morgan fingerprint density at radius 1 is 1.19 bits per heavy atom. The minimum absolute atomic E-state index is 0.152. The molecule has 0 aromatic heterocycles. The molecule has 2 nitrogen and oxygen atoms in total. The zero-order valence-electron chi connectivity index (χ0n) is 10.8. The van der Waals surface area contributed by atoms with Crippen molar-refractivity contribution in [2.75, 3.05) is 0 Å². The summed E-state index contributed by atoms with van der Waals surface area (Å²) in [6, 6.07) is 7.69. The van der Waals surface area contributed by atoms with Crippen LogP contribution in [0.25, 0.3) is 0 Å². The normalized spacial score (nSPS) is 15.2. The van der Waals surface area contributed by atoms with Crippen LogP contribution in [-0.4, -0.2) is 11.2 Å². The fourth-order valence-electron chi connectivity index (χ4n) is 1.49. The van der Waals surface area contributed by atoms with E-state index in [2.05, 4.69) is 0 Å². The number of ether oxygens (including phenoxy) is 1. The average molecular weight is 222 g/mol. The topological polar surface area (TPSA) is 29.5 Å². The number of rotatable bonds is 4. The maximum Gasteiger partial charge on any atom is 0.120 e. The lowest BCUT2D eigenvalue weighted by Crippen LogP contribution is -2.27. The Morgan fingerprint density at radius 2 is 1.81 bits per heavy atom. The zero-order chi connectivity index (χ0) is 12.3. The molecule has 1 rings (SSSR count). The summed E-state index contributed by atoms with van der Waals surface area (Å²) in [7, 11) is 0. The quantitative estimate of drug-likeness (QED) is 0.846. The van der Waals surface area contributed by atoms with Gasteiger partial charge in [-0.2, -0.15) is 0 Å². The van der Waals surface area contributed by atoms with E-state index in [1.54, 1.807) is 0 Å². The molecule has 0 saturated carbocycles. The number of hydrogen-bond acceptors (Lipinski definition) is 2. The van der Waals surface area contributed by atoms with Crippen molar-refractivity contribution in [2.45, 2.75) is 46.3 Å². The third kappa shape index (κ3) is 2.99. The highest BCUT2D eigenvalue weighted by molar-refractivity contribution is 5.32. The van der Waals surface area contributed by atoms with Gasteiger partial charge in [-0.1, -0.05) is 26.0 Å². The largest absolute Gasteiger partial charge is 0.491 e. The van der Waals surface area contributed by atoms with E-state index in [1.165, 1.54) is 0 Å². The van der Waals surface area contributed by atoms with Crippen molar-refractivity contribution in [3.63, 3.8) is 0 Å². The van der Waals surface area contributed by atoms with Crippen molar-refractivity contribution in [1.82, 2.24) is 0 Å². The molecule has 0 saturated heterocycles. The van der Waals surface area contributed by atoms with Crippen LogP contribution < -0.4 is 4.74 Å². The lowest BCUT2D eigenvalue weighted by atomic mass is 9.85. The molecular formula is C14H22O2. The molecule has 1 aromatic rings. The van der Waals surface area contributed by atoms with Crippen LogP contribution in [0.1, 0.15) is 40.2 Å². The maximum absolute atomic E-state index is 10.4. The summed E-state index contributed by atoms with van der Waals surface area (Å²) in [5.41, 5.74) is 0.0942. The predicted octanol–water partition coefficient (Wildman–Crippen LogP) is 3.34. The number of hydrogen-bond donors (Lipinski definition) is 1. The maximum atomic E-state index is 10.4. The van der Waals surface area contributed by atoms with Crippen molar-refractivity contribution in [3.8, 4) is 5.75 Å². The summed E-state index contributed by atoms with van der Waals surface area (Å²) >= 11 is 0. The fraction of sp³-hybridized carbons (Fsp3) is 0.571. The van der Waals surface area contributed by atoms with Gasteiger partial charge in [0.15, 0.2) is 0 Å². The third-order valence-electron chi connectivity index (χ3n) is 2.91. The van der Waals surface area contributed by atoms with E-state index in [0.717, 1.165) is 11.3 Å². The monoisotopic (exact) mass is 222 g/mol. The molecule has 0 heterocycles. The summed E-state index contributed by atoms with van der Waals surface area (Å²) < 4.78 is 5.62. The van der Waals surface area contributed by atoms with Crippen molar-refractivity contribution < 1.29 is 9.84 Å². The second-order valence-electron chi connectivity index (χ2n) is 5.00. The Kier molecular flexibility index (Phi) is 3.98. The van der Waals surface area contributed by atoms with Gasteiger partial charge in [0.2, 0.25) is 0 Å². The van der Waals surface area contributed by atoms with E-state index in [9.17, 15) is 5.11 Å². The van der Waals surface area contributed by atoms with Gasteiger partial charge in [0.05, 0.1) is 11.7 Å². The summed E-state index contributed by atoms with van der Waals surface area (Å²) in [6.07, 6.45) is 0.152. The van der Waals surface area contributed by atoms with Crippen molar-refractivity contribution in [2.24, 2.45) is 5.92 Å². The lowest BCUT2D eigenvalue weighted by Gasteiger charge is -2.28. The fourth-order valence-corrected chi connectivity index (χ4v) is 1.49. The van der Waals surface area contributed by atoms with Gasteiger partial charge in [-0.15, -0.1) is 0 Å². The summed E-state index contributed by atoms with van der Waals surface area (Å²) in [6.45, 7) is 9.85. The molecule has 0 aliphatic carbocycles. The second kappa shape index (κ2) is 4.88. The van der Waals surface area contributed by atoms with Gasteiger partial charge in [0, 0.05) is 0 Å². The molecule has 0 fully saturated rings. The Labute approximate surface area is 98.3 Å². The van der Waals surface area contributed by atoms with Crippen molar-refractivity contribution >= 4 is 0 Å². The lowest BCUT2D eigenvalue weighted by molar-refractivity contribution is 0.00876. The molecule has 0 aliphatic heterocycles. The third-order valence-corrected chi connectivity index (χ3v) is 2.91. The van der Waals surface area contributed by atoms with Gasteiger partial charge in [-0.05, 0) is 44.4 Å². The van der Waals surface area contributed by atoms with Crippen LogP contribution in [0.15, 0.2) is 24.3 Å². The molecule has 0 aliphatic rings. The Bertz CT molecular complexity index is 340. The van der Waals surface area contributed by atoms with Crippen LogP contribution in [0, 0.1) is 5.92 Å². The highest BCUT2D eigenvalue weighted by Gasteiger charge is 2.27. The van der Waals surface area contributed by atoms with Crippen molar-refractivity contribution in [3.05, 3.63) is 29.8 Å². The summed E-state index contributed by atoms with van der Waals surface area (Å²) in [5.74, 6) is 0.982. The summed E-state index contributed by atoms with van der Waals surface area (Å²) in [4.78, 5) is 0. The second-order valence-corrected chi connectivity index (χ2v) is 5.00. The first-order valence-corrected chi connectivity index (χ1v) is 5.83. The van der Waals surface area contributed by atoms with Gasteiger partial charge >= 0.3 is 0 Å². The smallest absolute Gasteiger partial charge is 0.120 e. The van der Waals surface area contributed by atoms with Crippen LogP contribution in [0.5, 0.6) is 5.75 Å². The Hall–Kier alpha value is -1.02. The van der Waals surface area contributed by atoms with E-state index in [4.69, 9.17) is 4.74 Å². The molecule has 16 heavy (non-hydrogen) atoms. The average Bonchev–Trinajstić information content (AvgIpc) is 2.16. The van der Waals surface area contributed by atoms with Gasteiger partial charge in [0.1, 0.15) is 5.75 Å². The highest BCUT2D eigenvalue weighted by atomic mass is 16.5. The predicted molar refractivity (Wildman–Crippen MR) is 66.6 cm³/mol. The van der Waals surface area contributed by atoms with Crippen LogP contribution in [-0.2, 0) is 5.60 Å². The van der Waals surface area contributed by atoms with E-state index in [-0.39, 0.29) is 12.0 Å². The van der Waals surface area contributed by atoms with Gasteiger partial charge in [0.25, 0.3) is 0 Å². The van der Waals surface area contributed by atoms with Gasteiger partial charge in [-0.25, -0.2) is 0 Å². The number of benzene rings is 1. The molecule has 0 unspecified atom stereocenters. The first-order valence-electron chi connectivity index (χ1n) is 5.83. The minimum atomic E-state index is -0.809. The first-order chi connectivity index (χ1) is 7.34. The molecule has 1 N–H and O–H groups in total. The van der Waals surface area contributed by atoms with Crippen LogP contribution in [0.3, 0.4) is 0 Å². The molecule has 0 amide bonds. The molecule has 90 valence electrons. The van der Waals surface area contributed by atoms with Gasteiger partial charge < -0.3 is 9.84 Å². The van der Waals surface area contributed by atoms with E-state index in [0.29, 0.717) is 0 Å². The minimum Gasteiger partial charge on any atom is -0.491 e. The first kappa shape index (κ1) is 13.0. The molecule has 0 spiro atoms. The van der Waals surface area contributed by atoms with Gasteiger partial charge in [-0.3, -0.25) is 0 Å². The standard InChI is InChI=1S/C14H22O2/c1-10(2)14(5,15)12-7-6-8-13(9-12)16-11(3)4/h6-11,15H,1-5H3/t14-/m1/s1. The Balaban J connectivity index is 2.98. The summed E-state index contributed by atoms with van der Waals surface area (Å²) in [5, 5.41) is 10.4. The van der Waals surface area contributed by atoms with Crippen LogP contribution in [0.2, 0.25) is 0 Å². The number of aliphatic hydroxyl groups is 1.